The Morgan fingerprint density at radius 3 is 2.59 bits per heavy atom. The Kier molecular flexibility index (Phi) is 5.65. The number of thiophene rings is 1. The first-order chi connectivity index (χ1) is 16.2. The summed E-state index contributed by atoms with van der Waals surface area (Å²) in [6.07, 6.45) is 0.489. The molecule has 1 amide bonds. The topological polar surface area (TPSA) is 97.2 Å². The second-order valence-electron chi connectivity index (χ2n) is 8.71. The number of anilines is 2. The summed E-state index contributed by atoms with van der Waals surface area (Å²) in [6.45, 7) is 1.83. The van der Waals surface area contributed by atoms with Crippen LogP contribution < -0.4 is 10.2 Å². The first kappa shape index (κ1) is 22.5. The maximum atomic E-state index is 13.5. The number of pyridine rings is 1. The maximum Gasteiger partial charge on any atom is 0.256 e. The van der Waals surface area contributed by atoms with Gasteiger partial charge in [-0.25, -0.2) is 18.1 Å². The molecule has 0 bridgehead atoms. The molecule has 5 rings (SSSR count). The highest BCUT2D eigenvalue weighted by Crippen LogP contribution is 2.33. The Balaban J connectivity index is 1.61. The van der Waals surface area contributed by atoms with Crippen LogP contribution >= 0.6 is 11.3 Å². The van der Waals surface area contributed by atoms with E-state index < -0.39 is 9.84 Å². The third kappa shape index (κ3) is 4.19. The number of nitrogens with one attached hydrogen (secondary N) is 1. The molecule has 1 N–H and O–H groups in total. The number of benzene rings is 1. The minimum atomic E-state index is -3.10. The van der Waals surface area contributed by atoms with Crippen LogP contribution in [0.4, 0.5) is 11.4 Å². The molecular weight excluding hydrogens is 470 g/mol. The van der Waals surface area contributed by atoms with E-state index in [1.807, 2.05) is 67.7 Å². The lowest BCUT2D eigenvalue weighted by molar-refractivity contribution is 0.102. The minimum absolute atomic E-state index is 0.0356. The molecule has 3 aromatic heterocycles. The highest BCUT2D eigenvalue weighted by Gasteiger charge is 2.32. The van der Waals surface area contributed by atoms with Crippen molar-refractivity contribution >= 4 is 49.5 Å². The number of aromatic nitrogens is 3. The van der Waals surface area contributed by atoms with E-state index in [4.69, 9.17) is 4.98 Å². The largest absolute Gasteiger partial charge is 0.378 e. The van der Waals surface area contributed by atoms with Crippen LogP contribution in [0, 0.1) is 6.92 Å². The SMILES string of the molecule is Cc1nn([C@H]2CCS(=O)(=O)C2)c2nc(-c3cccs3)cc(C(=O)Nc3ccc(N(C)C)cc3)c12. The first-order valence-electron chi connectivity index (χ1n) is 10.9. The molecule has 10 heteroatoms. The lowest BCUT2D eigenvalue weighted by Crippen LogP contribution is -2.15. The van der Waals surface area contributed by atoms with Gasteiger partial charge in [0, 0.05) is 25.5 Å². The molecule has 4 aromatic rings. The monoisotopic (exact) mass is 495 g/mol. The van der Waals surface area contributed by atoms with Crippen LogP contribution in [-0.2, 0) is 9.84 Å². The van der Waals surface area contributed by atoms with Gasteiger partial charge in [0.05, 0.1) is 44.8 Å². The fraction of sp³-hybridized carbons (Fsp3) is 0.292. The molecule has 0 aliphatic carbocycles. The summed E-state index contributed by atoms with van der Waals surface area (Å²) < 4.78 is 26.0. The van der Waals surface area contributed by atoms with E-state index in [1.165, 1.54) is 11.3 Å². The molecule has 0 unspecified atom stereocenters. The van der Waals surface area contributed by atoms with Crippen molar-refractivity contribution in [2.45, 2.75) is 19.4 Å². The Morgan fingerprint density at radius 2 is 1.97 bits per heavy atom. The summed E-state index contributed by atoms with van der Waals surface area (Å²) in [5.74, 6) is -0.0863. The average Bonchev–Trinajstić information content (AvgIpc) is 3.53. The van der Waals surface area contributed by atoms with Crippen LogP contribution in [0.25, 0.3) is 21.6 Å². The summed E-state index contributed by atoms with van der Waals surface area (Å²) >= 11 is 1.53. The number of aryl methyl sites for hydroxylation is 1. The molecule has 0 spiro atoms. The highest BCUT2D eigenvalue weighted by atomic mass is 32.2. The van der Waals surface area contributed by atoms with Crippen LogP contribution in [0.1, 0.15) is 28.5 Å². The van der Waals surface area contributed by atoms with Crippen molar-refractivity contribution in [1.82, 2.24) is 14.8 Å². The molecule has 1 aromatic carbocycles. The number of hydrogen-bond acceptors (Lipinski definition) is 7. The van der Waals surface area contributed by atoms with Gasteiger partial charge < -0.3 is 10.2 Å². The number of hydrogen-bond donors (Lipinski definition) is 1. The zero-order chi connectivity index (χ0) is 24.0. The van der Waals surface area contributed by atoms with Gasteiger partial charge in [0.25, 0.3) is 5.91 Å². The van der Waals surface area contributed by atoms with Gasteiger partial charge in [-0.2, -0.15) is 5.10 Å². The average molecular weight is 496 g/mol. The summed E-state index contributed by atoms with van der Waals surface area (Å²) in [6, 6.07) is 13.0. The Labute approximate surface area is 202 Å². The number of carbonyl (C=O) groups excluding carboxylic acids is 1. The van der Waals surface area contributed by atoms with Gasteiger partial charge in [0.2, 0.25) is 0 Å². The lowest BCUT2D eigenvalue weighted by atomic mass is 10.1. The number of nitrogens with zero attached hydrogens (tertiary/aromatic N) is 4. The zero-order valence-electron chi connectivity index (χ0n) is 19.1. The van der Waals surface area contributed by atoms with Gasteiger partial charge in [-0.3, -0.25) is 4.79 Å². The van der Waals surface area contributed by atoms with Gasteiger partial charge in [-0.15, -0.1) is 11.3 Å². The predicted octanol–water partition coefficient (Wildman–Crippen LogP) is 4.15. The van der Waals surface area contributed by atoms with Gasteiger partial charge >= 0.3 is 0 Å². The van der Waals surface area contributed by atoms with Crippen molar-refractivity contribution in [3.05, 3.63) is 59.1 Å². The summed E-state index contributed by atoms with van der Waals surface area (Å²) in [5, 5.41) is 10.2. The van der Waals surface area contributed by atoms with Crippen LogP contribution in [-0.4, -0.2) is 54.7 Å². The normalized spacial score (nSPS) is 17.2. The molecule has 4 heterocycles. The Bertz CT molecular complexity index is 1470. The van der Waals surface area contributed by atoms with Crippen molar-refractivity contribution in [2.24, 2.45) is 0 Å². The van der Waals surface area contributed by atoms with Crippen molar-refractivity contribution in [3.8, 4) is 10.6 Å². The molecule has 176 valence electrons. The van der Waals surface area contributed by atoms with Gasteiger partial charge in [-0.1, -0.05) is 6.07 Å². The van der Waals surface area contributed by atoms with Crippen molar-refractivity contribution in [3.63, 3.8) is 0 Å². The smallest absolute Gasteiger partial charge is 0.256 e. The fourth-order valence-corrected chi connectivity index (χ4v) is 6.69. The van der Waals surface area contributed by atoms with Gasteiger partial charge in [-0.05, 0) is 55.1 Å². The standard InChI is InChI=1S/C24H25N5O3S2/c1-15-22-19(24(30)25-16-6-8-17(9-7-16)28(2)3)13-20(21-5-4-11-33-21)26-23(22)29(27-15)18-10-12-34(31,32)14-18/h4-9,11,13,18H,10,12,14H2,1-3H3,(H,25,30)/t18-/m0/s1. The molecule has 1 saturated heterocycles. The molecule has 8 nitrogen and oxygen atoms in total. The van der Waals surface area contributed by atoms with E-state index in [-0.39, 0.29) is 23.5 Å². The van der Waals surface area contributed by atoms with Gasteiger partial charge in [0.15, 0.2) is 15.5 Å². The third-order valence-corrected chi connectivity index (χ3v) is 8.69. The second-order valence-corrected chi connectivity index (χ2v) is 11.9. The number of sulfone groups is 1. The first-order valence-corrected chi connectivity index (χ1v) is 13.6. The molecule has 0 saturated carbocycles. The molecule has 0 radical (unpaired) electrons. The van der Waals surface area contributed by atoms with Crippen molar-refractivity contribution in [2.75, 3.05) is 35.8 Å². The molecule has 34 heavy (non-hydrogen) atoms. The molecular formula is C24H25N5O3S2. The van der Waals surface area contributed by atoms with E-state index in [0.29, 0.717) is 40.1 Å². The number of amides is 1. The van der Waals surface area contributed by atoms with E-state index in [2.05, 4.69) is 10.4 Å². The van der Waals surface area contributed by atoms with E-state index in [1.54, 1.807) is 10.7 Å². The van der Waals surface area contributed by atoms with Gasteiger partial charge in [0.1, 0.15) is 0 Å². The van der Waals surface area contributed by atoms with Crippen LogP contribution in [0.2, 0.25) is 0 Å². The number of carbonyl (C=O) groups is 1. The molecule has 1 atom stereocenters. The highest BCUT2D eigenvalue weighted by molar-refractivity contribution is 7.91. The number of rotatable bonds is 5. The molecule has 1 fully saturated rings. The molecule has 1 aliphatic heterocycles. The fourth-order valence-electron chi connectivity index (χ4n) is 4.31. The van der Waals surface area contributed by atoms with Crippen molar-refractivity contribution < 1.29 is 13.2 Å². The maximum absolute atomic E-state index is 13.5. The van der Waals surface area contributed by atoms with Crippen molar-refractivity contribution in [1.29, 1.82) is 0 Å². The molecule has 1 aliphatic rings. The summed E-state index contributed by atoms with van der Waals surface area (Å²) in [5.41, 5.74) is 4.04. The number of fused-ring (bicyclic) bond motifs is 1. The van der Waals surface area contributed by atoms with Crippen LogP contribution in [0.5, 0.6) is 0 Å². The van der Waals surface area contributed by atoms with E-state index in [9.17, 15) is 13.2 Å². The summed E-state index contributed by atoms with van der Waals surface area (Å²) in [4.78, 5) is 21.2. The van der Waals surface area contributed by atoms with Crippen LogP contribution in [0.3, 0.4) is 0 Å². The second kappa shape index (κ2) is 8.52. The predicted molar refractivity (Wildman–Crippen MR) is 137 cm³/mol. The Morgan fingerprint density at radius 1 is 1.21 bits per heavy atom. The van der Waals surface area contributed by atoms with E-state index >= 15 is 0 Å². The lowest BCUT2D eigenvalue weighted by Gasteiger charge is -2.14. The van der Waals surface area contributed by atoms with E-state index in [0.717, 1.165) is 10.6 Å². The minimum Gasteiger partial charge on any atom is -0.378 e. The summed E-state index contributed by atoms with van der Waals surface area (Å²) in [7, 11) is 0.821. The third-order valence-electron chi connectivity index (χ3n) is 6.05. The quantitative estimate of drug-likeness (QED) is 0.447. The van der Waals surface area contributed by atoms with Crippen LogP contribution in [0.15, 0.2) is 47.8 Å². The zero-order valence-corrected chi connectivity index (χ0v) is 20.8. The Hall–Kier alpha value is -3.24.